The standard InChI is InChI=1S/C23H19N3O3/c1-29-17-8-6-7-16(13-17)14-24-15-20-18-9-2-3-10-19(18)22(27)26(23(20)28)21-11-4-5-12-25-21/h2-13,15,20H,14H2,1H3. The SMILES string of the molecule is COc1cccc(CN=CC2C(=O)N(c3ccccn3)C(=O)c3ccccc32)c1. The van der Waals surface area contributed by atoms with E-state index in [1.165, 1.54) is 0 Å². The summed E-state index contributed by atoms with van der Waals surface area (Å²) in [6.07, 6.45) is 3.17. The number of methoxy groups -OCH3 is 1. The molecule has 1 unspecified atom stereocenters. The molecule has 1 aliphatic rings. The molecular weight excluding hydrogens is 366 g/mol. The maximum Gasteiger partial charge on any atom is 0.266 e. The number of benzene rings is 2. The van der Waals surface area contributed by atoms with Crippen molar-refractivity contribution in [3.8, 4) is 5.75 Å². The van der Waals surface area contributed by atoms with Crippen LogP contribution in [0.25, 0.3) is 0 Å². The fraction of sp³-hybridized carbons (Fsp3) is 0.130. The Bertz CT molecular complexity index is 1080. The molecule has 0 fully saturated rings. The van der Waals surface area contributed by atoms with E-state index in [0.29, 0.717) is 23.5 Å². The summed E-state index contributed by atoms with van der Waals surface area (Å²) in [5.74, 6) is -0.327. The molecule has 0 N–H and O–H groups in total. The van der Waals surface area contributed by atoms with Gasteiger partial charge in [0, 0.05) is 18.0 Å². The fourth-order valence-electron chi connectivity index (χ4n) is 3.34. The monoisotopic (exact) mass is 385 g/mol. The van der Waals surface area contributed by atoms with E-state index in [2.05, 4.69) is 9.98 Å². The van der Waals surface area contributed by atoms with Gasteiger partial charge in [0.25, 0.3) is 5.91 Å². The van der Waals surface area contributed by atoms with Gasteiger partial charge in [0.05, 0.1) is 19.6 Å². The largest absolute Gasteiger partial charge is 0.497 e. The second-order valence-corrected chi connectivity index (χ2v) is 6.57. The Morgan fingerprint density at radius 2 is 1.90 bits per heavy atom. The van der Waals surface area contributed by atoms with Crippen molar-refractivity contribution in [3.05, 3.63) is 89.6 Å². The van der Waals surface area contributed by atoms with Gasteiger partial charge in [-0.3, -0.25) is 14.6 Å². The van der Waals surface area contributed by atoms with E-state index in [1.807, 2.05) is 30.3 Å². The highest BCUT2D eigenvalue weighted by molar-refractivity contribution is 6.28. The first-order valence-corrected chi connectivity index (χ1v) is 9.20. The zero-order valence-electron chi connectivity index (χ0n) is 15.9. The van der Waals surface area contributed by atoms with Crippen LogP contribution in [-0.2, 0) is 11.3 Å². The molecule has 144 valence electrons. The molecule has 0 radical (unpaired) electrons. The van der Waals surface area contributed by atoms with Crippen molar-refractivity contribution in [2.45, 2.75) is 12.5 Å². The van der Waals surface area contributed by atoms with Crippen molar-refractivity contribution in [2.75, 3.05) is 12.0 Å². The molecule has 2 heterocycles. The Kier molecular flexibility index (Phi) is 5.16. The summed E-state index contributed by atoms with van der Waals surface area (Å²) in [5, 5.41) is 0. The lowest BCUT2D eigenvalue weighted by atomic mass is 9.89. The second kappa shape index (κ2) is 8.06. The summed E-state index contributed by atoms with van der Waals surface area (Å²) in [7, 11) is 1.61. The third kappa shape index (κ3) is 3.65. The summed E-state index contributed by atoms with van der Waals surface area (Å²) in [6, 6.07) is 19.9. The Morgan fingerprint density at radius 1 is 1.07 bits per heavy atom. The van der Waals surface area contributed by atoms with Crippen LogP contribution in [0.3, 0.4) is 0 Å². The zero-order chi connectivity index (χ0) is 20.2. The van der Waals surface area contributed by atoms with Crippen LogP contribution in [0.4, 0.5) is 5.82 Å². The number of anilines is 1. The highest BCUT2D eigenvalue weighted by Crippen LogP contribution is 2.31. The van der Waals surface area contributed by atoms with Crippen molar-refractivity contribution in [1.82, 2.24) is 4.98 Å². The van der Waals surface area contributed by atoms with E-state index in [0.717, 1.165) is 16.2 Å². The normalized spacial score (nSPS) is 16.2. The maximum absolute atomic E-state index is 13.2. The van der Waals surface area contributed by atoms with Gasteiger partial charge in [0.2, 0.25) is 5.91 Å². The zero-order valence-corrected chi connectivity index (χ0v) is 15.9. The summed E-state index contributed by atoms with van der Waals surface area (Å²) in [5.41, 5.74) is 2.11. The molecule has 3 aromatic rings. The lowest BCUT2D eigenvalue weighted by molar-refractivity contribution is -0.118. The minimum Gasteiger partial charge on any atom is -0.497 e. The second-order valence-electron chi connectivity index (χ2n) is 6.57. The van der Waals surface area contributed by atoms with Gasteiger partial charge >= 0.3 is 0 Å². The van der Waals surface area contributed by atoms with Crippen LogP contribution >= 0.6 is 0 Å². The number of aliphatic imine (C=N–C) groups is 1. The van der Waals surface area contributed by atoms with E-state index in [9.17, 15) is 9.59 Å². The molecule has 6 nitrogen and oxygen atoms in total. The maximum atomic E-state index is 13.2. The Hall–Kier alpha value is -3.80. The Morgan fingerprint density at radius 3 is 2.69 bits per heavy atom. The molecule has 4 rings (SSSR count). The third-order valence-electron chi connectivity index (χ3n) is 4.76. The number of nitrogens with zero attached hydrogens (tertiary/aromatic N) is 3. The molecule has 2 aromatic carbocycles. The number of carbonyl (C=O) groups is 2. The number of aromatic nitrogens is 1. The van der Waals surface area contributed by atoms with Gasteiger partial charge in [-0.1, -0.05) is 36.4 Å². The number of amides is 2. The first-order chi connectivity index (χ1) is 14.2. The number of imide groups is 1. The molecule has 1 aliphatic heterocycles. The van der Waals surface area contributed by atoms with Gasteiger partial charge in [-0.2, -0.15) is 0 Å². The van der Waals surface area contributed by atoms with Gasteiger partial charge in [0.1, 0.15) is 11.6 Å². The van der Waals surface area contributed by atoms with Crippen LogP contribution in [0.15, 0.2) is 77.9 Å². The topological polar surface area (TPSA) is 71.9 Å². The molecule has 1 aromatic heterocycles. The third-order valence-corrected chi connectivity index (χ3v) is 4.76. The number of fused-ring (bicyclic) bond motifs is 1. The first kappa shape index (κ1) is 18.6. The average molecular weight is 385 g/mol. The molecule has 0 saturated carbocycles. The van der Waals surface area contributed by atoms with Crippen molar-refractivity contribution in [2.24, 2.45) is 4.99 Å². The van der Waals surface area contributed by atoms with Crippen LogP contribution in [0.2, 0.25) is 0 Å². The number of ether oxygens (including phenoxy) is 1. The Balaban J connectivity index is 1.66. The lowest BCUT2D eigenvalue weighted by Gasteiger charge is -2.30. The molecule has 29 heavy (non-hydrogen) atoms. The van der Waals surface area contributed by atoms with E-state index in [1.54, 1.807) is 55.9 Å². The fourth-order valence-corrected chi connectivity index (χ4v) is 3.34. The predicted molar refractivity (Wildman–Crippen MR) is 110 cm³/mol. The molecule has 6 heteroatoms. The summed E-state index contributed by atoms with van der Waals surface area (Å²) in [4.78, 5) is 35.9. The molecule has 0 spiro atoms. The van der Waals surface area contributed by atoms with E-state index in [4.69, 9.17) is 4.74 Å². The van der Waals surface area contributed by atoms with Crippen molar-refractivity contribution in [3.63, 3.8) is 0 Å². The van der Waals surface area contributed by atoms with Gasteiger partial charge < -0.3 is 4.74 Å². The van der Waals surface area contributed by atoms with E-state index < -0.39 is 5.92 Å². The van der Waals surface area contributed by atoms with Crippen molar-refractivity contribution in [1.29, 1.82) is 0 Å². The predicted octanol–water partition coefficient (Wildman–Crippen LogP) is 3.63. The van der Waals surface area contributed by atoms with E-state index >= 15 is 0 Å². The van der Waals surface area contributed by atoms with Gasteiger partial charge in [-0.25, -0.2) is 9.88 Å². The van der Waals surface area contributed by atoms with Crippen molar-refractivity contribution >= 4 is 23.8 Å². The quantitative estimate of drug-likeness (QED) is 0.497. The van der Waals surface area contributed by atoms with Gasteiger partial charge in [-0.15, -0.1) is 0 Å². The molecule has 1 atom stereocenters. The van der Waals surface area contributed by atoms with E-state index in [-0.39, 0.29) is 11.8 Å². The smallest absolute Gasteiger partial charge is 0.266 e. The average Bonchev–Trinajstić information content (AvgIpc) is 2.77. The van der Waals surface area contributed by atoms with Crippen LogP contribution < -0.4 is 9.64 Å². The molecule has 0 saturated heterocycles. The summed E-state index contributed by atoms with van der Waals surface area (Å²) in [6.45, 7) is 0.403. The lowest BCUT2D eigenvalue weighted by Crippen LogP contribution is -2.45. The number of pyridine rings is 1. The van der Waals surface area contributed by atoms with Crippen LogP contribution in [-0.4, -0.2) is 30.1 Å². The molecule has 0 bridgehead atoms. The minimum atomic E-state index is -0.656. The highest BCUT2D eigenvalue weighted by Gasteiger charge is 2.39. The number of carbonyl (C=O) groups excluding carboxylic acids is 2. The summed E-state index contributed by atoms with van der Waals surface area (Å²) >= 11 is 0. The molecule has 2 amide bonds. The number of hydrogen-bond donors (Lipinski definition) is 0. The molecule has 0 aliphatic carbocycles. The summed E-state index contributed by atoms with van der Waals surface area (Å²) < 4.78 is 5.23. The van der Waals surface area contributed by atoms with Crippen molar-refractivity contribution < 1.29 is 14.3 Å². The Labute approximate surface area is 168 Å². The molecular formula is C23H19N3O3. The minimum absolute atomic E-state index is 0.309. The van der Waals surface area contributed by atoms with Gasteiger partial charge in [0.15, 0.2) is 0 Å². The highest BCUT2D eigenvalue weighted by atomic mass is 16.5. The van der Waals surface area contributed by atoms with Crippen LogP contribution in [0.5, 0.6) is 5.75 Å². The van der Waals surface area contributed by atoms with Crippen LogP contribution in [0, 0.1) is 0 Å². The van der Waals surface area contributed by atoms with Gasteiger partial charge in [-0.05, 0) is 41.5 Å². The first-order valence-electron chi connectivity index (χ1n) is 9.20. The number of rotatable bonds is 5. The van der Waals surface area contributed by atoms with Crippen LogP contribution in [0.1, 0.15) is 27.4 Å². The number of hydrogen-bond acceptors (Lipinski definition) is 5.